The second-order valence-corrected chi connectivity index (χ2v) is 16.4. The van der Waals surface area contributed by atoms with Gasteiger partial charge in [0, 0.05) is 79.0 Å². The Morgan fingerprint density at radius 2 is 1.95 bits per heavy atom. The van der Waals surface area contributed by atoms with Crippen molar-refractivity contribution >= 4 is 45.0 Å². The summed E-state index contributed by atoms with van der Waals surface area (Å²) in [6.07, 6.45) is 8.66. The number of alkyl halides is 1. The molecule has 292 valence electrons. The Morgan fingerprint density at radius 1 is 1.14 bits per heavy atom. The first-order valence-corrected chi connectivity index (χ1v) is 20.1. The molecule has 4 aromatic rings. The molecule has 5 aliphatic rings. The molecular formula is C42H45ClF2N8O3. The number of anilines is 1. The lowest BCUT2D eigenvalue weighted by atomic mass is 9.95. The lowest BCUT2D eigenvalue weighted by Crippen LogP contribution is -2.55. The van der Waals surface area contributed by atoms with Crippen LogP contribution in [0.1, 0.15) is 45.4 Å². The molecule has 0 radical (unpaired) electrons. The summed E-state index contributed by atoms with van der Waals surface area (Å²) in [5.74, 6) is -0.399. The van der Waals surface area contributed by atoms with E-state index in [0.717, 1.165) is 50.8 Å². The normalized spacial score (nSPS) is 27.3. The van der Waals surface area contributed by atoms with E-state index in [-0.39, 0.29) is 48.7 Å². The Hall–Kier alpha value is -4.48. The smallest absolute Gasteiger partial charge is 0.319 e. The van der Waals surface area contributed by atoms with Gasteiger partial charge in [-0.1, -0.05) is 48.0 Å². The molecule has 0 spiro atoms. The number of hydrogen-bond donors (Lipinski definition) is 0. The van der Waals surface area contributed by atoms with Gasteiger partial charge in [0.05, 0.1) is 42.7 Å². The highest BCUT2D eigenvalue weighted by Crippen LogP contribution is 2.42. The van der Waals surface area contributed by atoms with Crippen molar-refractivity contribution in [2.45, 2.75) is 81.3 Å². The van der Waals surface area contributed by atoms with Gasteiger partial charge in [-0.25, -0.2) is 8.78 Å². The van der Waals surface area contributed by atoms with Crippen molar-refractivity contribution in [2.24, 2.45) is 0 Å². The summed E-state index contributed by atoms with van der Waals surface area (Å²) in [7, 11) is 0. The summed E-state index contributed by atoms with van der Waals surface area (Å²) in [5.41, 5.74) is 0.183. The van der Waals surface area contributed by atoms with Gasteiger partial charge < -0.3 is 19.3 Å². The first kappa shape index (κ1) is 37.1. The van der Waals surface area contributed by atoms with Gasteiger partial charge in [0.1, 0.15) is 29.8 Å². The zero-order valence-electron chi connectivity index (χ0n) is 31.4. The predicted octanol–water partition coefficient (Wildman–Crippen LogP) is 6.33. The summed E-state index contributed by atoms with van der Waals surface area (Å²) < 4.78 is 43.7. The average Bonchev–Trinajstić information content (AvgIpc) is 3.82. The molecule has 1 amide bonds. The van der Waals surface area contributed by atoms with Gasteiger partial charge in [-0.2, -0.15) is 15.2 Å². The van der Waals surface area contributed by atoms with E-state index < -0.39 is 23.6 Å². The van der Waals surface area contributed by atoms with E-state index in [1.165, 1.54) is 0 Å². The maximum absolute atomic E-state index is 17.0. The van der Waals surface area contributed by atoms with Crippen molar-refractivity contribution in [1.29, 1.82) is 5.26 Å². The third-order valence-corrected chi connectivity index (χ3v) is 13.0. The Bertz CT molecular complexity index is 2220. The predicted molar refractivity (Wildman–Crippen MR) is 210 cm³/mol. The minimum atomic E-state index is -0.936. The van der Waals surface area contributed by atoms with Crippen LogP contribution in [0.4, 0.5) is 14.6 Å². The molecule has 0 aliphatic carbocycles. The SMILES string of the molecule is C[C@H](/C=C/C(=O)N1CCN(c2nc(OC[C@@]34CCCN3C[C@H](F)C4)nc3c(F)c(-c4cccc5cccc(Cl)c45)ncc23)C[C@@H]1CC#N)N1[C@@H]2CC[C@H]1COC2. The van der Waals surface area contributed by atoms with Crippen LogP contribution in [0.3, 0.4) is 0 Å². The summed E-state index contributed by atoms with van der Waals surface area (Å²) in [5, 5.41) is 12.3. The molecule has 2 aromatic carbocycles. The molecule has 9 rings (SSSR count). The fraction of sp³-hybridized carbons (Fsp3) is 0.500. The van der Waals surface area contributed by atoms with Gasteiger partial charge in [-0.3, -0.25) is 19.6 Å². The van der Waals surface area contributed by atoms with Gasteiger partial charge in [-0.05, 0) is 50.6 Å². The Labute approximate surface area is 329 Å². The van der Waals surface area contributed by atoms with Gasteiger partial charge in [-0.15, -0.1) is 0 Å². The summed E-state index contributed by atoms with van der Waals surface area (Å²) in [4.78, 5) is 36.2. The van der Waals surface area contributed by atoms with E-state index in [1.54, 1.807) is 29.3 Å². The van der Waals surface area contributed by atoms with Crippen LogP contribution in [0.5, 0.6) is 6.01 Å². The Kier molecular flexibility index (Phi) is 10.0. The van der Waals surface area contributed by atoms with Crippen molar-refractivity contribution < 1.29 is 23.0 Å². The van der Waals surface area contributed by atoms with Crippen LogP contribution in [0.15, 0.2) is 54.7 Å². The summed E-state index contributed by atoms with van der Waals surface area (Å²) in [6.45, 7) is 5.88. The maximum Gasteiger partial charge on any atom is 0.319 e. The molecule has 0 saturated carbocycles. The number of nitriles is 1. The number of morpholine rings is 1. The van der Waals surface area contributed by atoms with Crippen LogP contribution >= 0.6 is 11.6 Å². The van der Waals surface area contributed by atoms with Crippen LogP contribution in [-0.2, 0) is 9.53 Å². The number of aromatic nitrogens is 3. The largest absolute Gasteiger partial charge is 0.461 e. The van der Waals surface area contributed by atoms with Gasteiger partial charge in [0.15, 0.2) is 5.82 Å². The van der Waals surface area contributed by atoms with Crippen molar-refractivity contribution in [3.63, 3.8) is 0 Å². The Balaban J connectivity index is 1.04. The van der Waals surface area contributed by atoms with Crippen LogP contribution in [0.25, 0.3) is 32.9 Å². The number of piperazine rings is 1. The second kappa shape index (κ2) is 15.1. The third kappa shape index (κ3) is 6.64. The third-order valence-electron chi connectivity index (χ3n) is 12.7. The number of rotatable bonds is 9. The number of benzene rings is 2. The number of amides is 1. The summed E-state index contributed by atoms with van der Waals surface area (Å²) >= 11 is 6.66. The lowest BCUT2D eigenvalue weighted by Gasteiger charge is -2.41. The molecule has 56 heavy (non-hydrogen) atoms. The molecule has 5 aliphatic heterocycles. The van der Waals surface area contributed by atoms with Gasteiger partial charge in [0.2, 0.25) is 5.91 Å². The number of ether oxygens (including phenoxy) is 2. The van der Waals surface area contributed by atoms with Gasteiger partial charge in [0.25, 0.3) is 0 Å². The zero-order chi connectivity index (χ0) is 38.6. The molecule has 14 heteroatoms. The summed E-state index contributed by atoms with van der Waals surface area (Å²) in [6, 6.07) is 13.7. The number of hydrogen-bond acceptors (Lipinski definition) is 10. The topological polar surface area (TPSA) is 111 Å². The molecule has 0 unspecified atom stereocenters. The molecular weight excluding hydrogens is 738 g/mol. The average molecular weight is 783 g/mol. The second-order valence-electron chi connectivity index (χ2n) is 16.0. The number of nitrogens with zero attached hydrogens (tertiary/aromatic N) is 8. The molecule has 6 atom stereocenters. The van der Waals surface area contributed by atoms with Gasteiger partial charge >= 0.3 is 6.01 Å². The highest BCUT2D eigenvalue weighted by atomic mass is 35.5. The number of halogens is 3. The van der Waals surface area contributed by atoms with E-state index in [2.05, 4.69) is 32.8 Å². The first-order chi connectivity index (χ1) is 27.2. The van der Waals surface area contributed by atoms with E-state index in [4.69, 9.17) is 26.1 Å². The monoisotopic (exact) mass is 782 g/mol. The van der Waals surface area contributed by atoms with E-state index in [0.29, 0.717) is 65.3 Å². The maximum atomic E-state index is 17.0. The minimum Gasteiger partial charge on any atom is -0.461 e. The van der Waals surface area contributed by atoms with Crippen molar-refractivity contribution in [1.82, 2.24) is 29.7 Å². The number of fused-ring (bicyclic) bond motifs is 5. The molecule has 7 heterocycles. The van der Waals surface area contributed by atoms with Crippen LogP contribution in [0, 0.1) is 17.1 Å². The minimum absolute atomic E-state index is 0.0209. The highest BCUT2D eigenvalue weighted by Gasteiger charge is 2.49. The number of carbonyl (C=O) groups is 1. The molecule has 5 fully saturated rings. The van der Waals surface area contributed by atoms with E-state index in [1.807, 2.05) is 35.2 Å². The van der Waals surface area contributed by atoms with Crippen LogP contribution in [-0.4, -0.2) is 124 Å². The lowest BCUT2D eigenvalue weighted by molar-refractivity contribution is -0.128. The van der Waals surface area contributed by atoms with E-state index in [9.17, 15) is 14.4 Å². The van der Waals surface area contributed by atoms with E-state index >= 15 is 4.39 Å². The highest BCUT2D eigenvalue weighted by molar-refractivity contribution is 6.36. The fourth-order valence-electron chi connectivity index (χ4n) is 10.0. The fourth-order valence-corrected chi connectivity index (χ4v) is 10.3. The van der Waals surface area contributed by atoms with Crippen molar-refractivity contribution in [3.05, 3.63) is 65.6 Å². The molecule has 5 saturated heterocycles. The molecule has 2 bridgehead atoms. The standard InChI is InChI=1S/C42H45ClF2N8O3/c1-26(53-30-10-11-31(53)24-55-23-30)9-12-35(54)52-18-17-50(22-29(52)13-15-46)40-33-20-47-38(32-7-2-5-27-6-3-8-34(43)36(27)32)37(45)39(33)48-41(49-40)56-25-42-14-4-16-51(42)21-28(44)19-42/h2-3,5-9,12,20,26,28-31H,4,10-11,13-14,16-19,21-25H2,1H3/b12-9+/t26-,28-,29+,30-,31+,42+/m1/s1. The van der Waals surface area contributed by atoms with Crippen molar-refractivity contribution in [3.8, 4) is 23.3 Å². The zero-order valence-corrected chi connectivity index (χ0v) is 32.2. The number of carbonyl (C=O) groups excluding carboxylic acids is 1. The quantitative estimate of drug-likeness (QED) is 0.179. The Morgan fingerprint density at radius 3 is 2.75 bits per heavy atom. The molecule has 2 aromatic heterocycles. The molecule has 11 nitrogen and oxygen atoms in total. The van der Waals surface area contributed by atoms with Crippen molar-refractivity contribution in [2.75, 3.05) is 57.4 Å². The number of pyridine rings is 1. The van der Waals surface area contributed by atoms with Crippen LogP contribution < -0.4 is 9.64 Å². The molecule has 0 N–H and O–H groups in total. The van der Waals surface area contributed by atoms with Crippen LogP contribution in [0.2, 0.25) is 5.02 Å². The first-order valence-electron chi connectivity index (χ1n) is 19.7.